The third kappa shape index (κ3) is 5.30. The van der Waals surface area contributed by atoms with Crippen LogP contribution in [-0.2, 0) is 16.1 Å². The zero-order valence-electron chi connectivity index (χ0n) is 15.3. The zero-order valence-corrected chi connectivity index (χ0v) is 16.1. The molecule has 0 fully saturated rings. The van der Waals surface area contributed by atoms with Crippen LogP contribution in [0.1, 0.15) is 17.1 Å². The number of nitrogens with zero attached hydrogens (tertiary/aromatic N) is 3. The predicted octanol–water partition coefficient (Wildman–Crippen LogP) is 3.59. The van der Waals surface area contributed by atoms with E-state index in [2.05, 4.69) is 15.1 Å². The molecule has 0 bridgehead atoms. The van der Waals surface area contributed by atoms with Crippen LogP contribution >= 0.6 is 11.8 Å². The average Bonchev–Trinajstić information content (AvgIpc) is 3.13. The molecule has 0 N–H and O–H groups in total. The van der Waals surface area contributed by atoms with Gasteiger partial charge in [0.1, 0.15) is 11.4 Å². The fraction of sp³-hybridized carbons (Fsp3) is 0.263. The largest absolute Gasteiger partial charge is 0.497 e. The van der Waals surface area contributed by atoms with Gasteiger partial charge < -0.3 is 14.0 Å². The van der Waals surface area contributed by atoms with Crippen LogP contribution in [-0.4, -0.2) is 34.0 Å². The van der Waals surface area contributed by atoms with Gasteiger partial charge >= 0.3 is 5.97 Å². The average molecular weight is 385 g/mol. The highest BCUT2D eigenvalue weighted by atomic mass is 32.2. The van der Waals surface area contributed by atoms with Gasteiger partial charge in [-0.25, -0.2) is 9.97 Å². The Kier molecular flexibility index (Phi) is 6.08. The normalized spacial score (nSPS) is 10.6. The molecule has 0 amide bonds. The number of ether oxygens (including phenoxy) is 2. The molecule has 27 heavy (non-hydrogen) atoms. The number of thioether (sulfide) groups is 1. The number of hydrogen-bond acceptors (Lipinski definition) is 8. The van der Waals surface area contributed by atoms with Crippen molar-refractivity contribution in [2.24, 2.45) is 0 Å². The number of hydrogen-bond donors (Lipinski definition) is 0. The molecule has 0 aliphatic rings. The Morgan fingerprint density at radius 3 is 2.48 bits per heavy atom. The molecule has 0 saturated carbocycles. The topological polar surface area (TPSA) is 87.3 Å². The van der Waals surface area contributed by atoms with E-state index in [0.29, 0.717) is 16.6 Å². The Balaban J connectivity index is 1.51. The molecule has 0 unspecified atom stereocenters. The van der Waals surface area contributed by atoms with Crippen molar-refractivity contribution in [2.45, 2.75) is 25.6 Å². The van der Waals surface area contributed by atoms with Crippen LogP contribution in [0.3, 0.4) is 0 Å². The first kappa shape index (κ1) is 18.9. The van der Waals surface area contributed by atoms with Crippen LogP contribution in [0.2, 0.25) is 0 Å². The summed E-state index contributed by atoms with van der Waals surface area (Å²) in [6, 6.07) is 11.1. The molecule has 0 aliphatic heterocycles. The van der Waals surface area contributed by atoms with Gasteiger partial charge in [-0.15, -0.1) is 0 Å². The maximum absolute atomic E-state index is 11.9. The number of rotatable bonds is 7. The fourth-order valence-corrected chi connectivity index (χ4v) is 3.10. The van der Waals surface area contributed by atoms with E-state index in [1.165, 1.54) is 11.8 Å². The Morgan fingerprint density at radius 1 is 1.11 bits per heavy atom. The molecule has 0 radical (unpaired) electrons. The van der Waals surface area contributed by atoms with Crippen LogP contribution in [0, 0.1) is 13.8 Å². The first-order valence-corrected chi connectivity index (χ1v) is 9.23. The summed E-state index contributed by atoms with van der Waals surface area (Å²) < 4.78 is 15.6. The second kappa shape index (κ2) is 8.68. The van der Waals surface area contributed by atoms with Crippen LogP contribution in [0.4, 0.5) is 0 Å². The van der Waals surface area contributed by atoms with E-state index in [9.17, 15) is 4.79 Å². The minimum atomic E-state index is -0.370. The number of carbonyl (C=O) groups is 1. The maximum Gasteiger partial charge on any atom is 0.316 e. The lowest BCUT2D eigenvalue weighted by Gasteiger charge is -2.03. The van der Waals surface area contributed by atoms with Crippen molar-refractivity contribution in [2.75, 3.05) is 12.9 Å². The number of aromatic nitrogens is 3. The zero-order chi connectivity index (χ0) is 19.2. The second-order valence-electron chi connectivity index (χ2n) is 5.79. The standard InChI is InChI=1S/C19H19N3O4S/c1-12-8-13(2)21-19(20-12)27-11-18(23)25-10-16-9-17(22-26-16)14-4-6-15(24-3)7-5-14/h4-9H,10-11H2,1-3H3. The summed E-state index contributed by atoms with van der Waals surface area (Å²) >= 11 is 1.24. The molecule has 3 rings (SSSR count). The van der Waals surface area contributed by atoms with Gasteiger partial charge in [-0.2, -0.15) is 0 Å². The van der Waals surface area contributed by atoms with Gasteiger partial charge in [-0.1, -0.05) is 16.9 Å². The van der Waals surface area contributed by atoms with Gasteiger partial charge in [-0.05, 0) is 44.2 Å². The summed E-state index contributed by atoms with van der Waals surface area (Å²) in [6.07, 6.45) is 0. The van der Waals surface area contributed by atoms with Crippen molar-refractivity contribution in [1.82, 2.24) is 15.1 Å². The first-order chi connectivity index (χ1) is 13.0. The van der Waals surface area contributed by atoms with Gasteiger partial charge in [0.15, 0.2) is 17.5 Å². The Bertz CT molecular complexity index is 905. The van der Waals surface area contributed by atoms with Crippen molar-refractivity contribution in [3.63, 3.8) is 0 Å². The molecular weight excluding hydrogens is 366 g/mol. The van der Waals surface area contributed by atoms with Crippen molar-refractivity contribution < 1.29 is 18.8 Å². The van der Waals surface area contributed by atoms with E-state index in [-0.39, 0.29) is 18.3 Å². The van der Waals surface area contributed by atoms with E-state index < -0.39 is 0 Å². The van der Waals surface area contributed by atoms with Crippen LogP contribution < -0.4 is 4.74 Å². The number of methoxy groups -OCH3 is 1. The lowest BCUT2D eigenvalue weighted by Crippen LogP contribution is -2.07. The third-order valence-corrected chi connectivity index (χ3v) is 4.42. The van der Waals surface area contributed by atoms with Crippen LogP contribution in [0.25, 0.3) is 11.3 Å². The smallest absolute Gasteiger partial charge is 0.316 e. The predicted molar refractivity (Wildman–Crippen MR) is 101 cm³/mol. The molecule has 0 spiro atoms. The molecule has 2 heterocycles. The highest BCUT2D eigenvalue weighted by Gasteiger charge is 2.11. The van der Waals surface area contributed by atoms with Crippen molar-refractivity contribution in [3.8, 4) is 17.0 Å². The van der Waals surface area contributed by atoms with Crippen LogP contribution in [0.5, 0.6) is 5.75 Å². The summed E-state index contributed by atoms with van der Waals surface area (Å²) in [7, 11) is 1.61. The van der Waals surface area contributed by atoms with E-state index in [1.807, 2.05) is 44.2 Å². The lowest BCUT2D eigenvalue weighted by atomic mass is 10.1. The Labute approximate surface area is 161 Å². The van der Waals surface area contributed by atoms with E-state index in [1.54, 1.807) is 13.2 Å². The van der Waals surface area contributed by atoms with Crippen LogP contribution in [0.15, 0.2) is 46.1 Å². The molecule has 7 nitrogen and oxygen atoms in total. The molecule has 140 valence electrons. The summed E-state index contributed by atoms with van der Waals surface area (Å²) in [5.74, 6) is 0.996. The fourth-order valence-electron chi connectivity index (χ4n) is 2.35. The monoisotopic (exact) mass is 385 g/mol. The summed E-state index contributed by atoms with van der Waals surface area (Å²) in [5, 5.41) is 4.56. The molecule has 3 aromatic rings. The van der Waals surface area contributed by atoms with Gasteiger partial charge in [0, 0.05) is 23.0 Å². The molecule has 1 aromatic carbocycles. The van der Waals surface area contributed by atoms with Crippen molar-refractivity contribution in [3.05, 3.63) is 53.5 Å². The van der Waals surface area contributed by atoms with E-state index >= 15 is 0 Å². The Hall–Kier alpha value is -2.87. The number of esters is 1. The molecule has 2 aromatic heterocycles. The number of aryl methyl sites for hydroxylation is 2. The van der Waals surface area contributed by atoms with Crippen molar-refractivity contribution in [1.29, 1.82) is 0 Å². The summed E-state index contributed by atoms with van der Waals surface area (Å²) in [4.78, 5) is 20.5. The maximum atomic E-state index is 11.9. The third-order valence-electron chi connectivity index (χ3n) is 3.60. The lowest BCUT2D eigenvalue weighted by molar-refractivity contribution is -0.142. The summed E-state index contributed by atoms with van der Waals surface area (Å²) in [5.41, 5.74) is 3.29. The SMILES string of the molecule is COc1ccc(-c2cc(COC(=O)CSc3nc(C)cc(C)n3)on2)cc1. The molecule has 0 aliphatic carbocycles. The summed E-state index contributed by atoms with van der Waals surface area (Å²) in [6.45, 7) is 3.80. The quantitative estimate of drug-likeness (QED) is 0.346. The highest BCUT2D eigenvalue weighted by Crippen LogP contribution is 2.22. The van der Waals surface area contributed by atoms with E-state index in [4.69, 9.17) is 14.0 Å². The second-order valence-corrected chi connectivity index (χ2v) is 6.73. The minimum Gasteiger partial charge on any atom is -0.497 e. The van der Waals surface area contributed by atoms with Gasteiger partial charge in [-0.3, -0.25) is 4.79 Å². The molecule has 8 heteroatoms. The highest BCUT2D eigenvalue weighted by molar-refractivity contribution is 7.99. The van der Waals surface area contributed by atoms with Gasteiger partial charge in [0.05, 0.1) is 12.9 Å². The number of benzene rings is 1. The number of carbonyl (C=O) groups excluding carboxylic acids is 1. The van der Waals surface area contributed by atoms with Gasteiger partial charge in [0.25, 0.3) is 0 Å². The van der Waals surface area contributed by atoms with E-state index in [0.717, 1.165) is 22.7 Å². The minimum absolute atomic E-state index is 0.0241. The van der Waals surface area contributed by atoms with Crippen molar-refractivity contribution >= 4 is 17.7 Å². The molecule has 0 atom stereocenters. The first-order valence-electron chi connectivity index (χ1n) is 8.24. The Morgan fingerprint density at radius 2 is 1.81 bits per heavy atom. The molecule has 0 saturated heterocycles. The van der Waals surface area contributed by atoms with Gasteiger partial charge in [0.2, 0.25) is 0 Å². The molecular formula is C19H19N3O4S.